The molecule has 0 spiro atoms. The standard InChI is InChI=1S/C11H8O3/c12-6-7-5-10(11(13)14)9-4-2-1-3-8(7)9/h1-7H,(H,13,14). The largest absolute Gasteiger partial charge is 0.478 e. The van der Waals surface area contributed by atoms with Crippen molar-refractivity contribution in [2.24, 2.45) is 0 Å². The summed E-state index contributed by atoms with van der Waals surface area (Å²) >= 11 is 0. The fourth-order valence-electron chi connectivity index (χ4n) is 1.69. The van der Waals surface area contributed by atoms with Gasteiger partial charge in [-0.05, 0) is 11.1 Å². The molecule has 0 saturated heterocycles. The van der Waals surface area contributed by atoms with Gasteiger partial charge in [0.15, 0.2) is 0 Å². The Balaban J connectivity index is 2.59. The molecule has 1 atom stereocenters. The second-order valence-electron chi connectivity index (χ2n) is 3.13. The molecule has 14 heavy (non-hydrogen) atoms. The Morgan fingerprint density at radius 1 is 1.36 bits per heavy atom. The van der Waals surface area contributed by atoms with Gasteiger partial charge in [0.1, 0.15) is 6.29 Å². The Morgan fingerprint density at radius 3 is 2.71 bits per heavy atom. The Morgan fingerprint density at radius 2 is 2.07 bits per heavy atom. The predicted octanol–water partition coefficient (Wildman–Crippen LogP) is 1.45. The summed E-state index contributed by atoms with van der Waals surface area (Å²) in [7, 11) is 0. The molecule has 70 valence electrons. The van der Waals surface area contributed by atoms with E-state index in [9.17, 15) is 9.59 Å². The van der Waals surface area contributed by atoms with E-state index in [-0.39, 0.29) is 5.57 Å². The van der Waals surface area contributed by atoms with Crippen molar-refractivity contribution < 1.29 is 14.7 Å². The van der Waals surface area contributed by atoms with Crippen LogP contribution in [0.15, 0.2) is 30.3 Å². The molecule has 1 aromatic carbocycles. The maximum atomic E-state index is 10.8. The van der Waals surface area contributed by atoms with E-state index >= 15 is 0 Å². The monoisotopic (exact) mass is 188 g/mol. The molecule has 3 heteroatoms. The van der Waals surface area contributed by atoms with Gasteiger partial charge < -0.3 is 9.90 Å². The predicted molar refractivity (Wildman–Crippen MR) is 50.9 cm³/mol. The Kier molecular flexibility index (Phi) is 1.93. The quantitative estimate of drug-likeness (QED) is 0.714. The van der Waals surface area contributed by atoms with Crippen molar-refractivity contribution in [3.05, 3.63) is 41.5 Å². The number of aldehydes is 1. The number of fused-ring (bicyclic) bond motifs is 1. The summed E-state index contributed by atoms with van der Waals surface area (Å²) < 4.78 is 0. The van der Waals surface area contributed by atoms with Gasteiger partial charge in [-0.15, -0.1) is 0 Å². The summed E-state index contributed by atoms with van der Waals surface area (Å²) in [6.07, 6.45) is 2.24. The molecule has 1 unspecified atom stereocenters. The lowest BCUT2D eigenvalue weighted by molar-refractivity contribution is -0.130. The fraction of sp³-hybridized carbons (Fsp3) is 0.0909. The number of carbonyl (C=O) groups excluding carboxylic acids is 1. The molecule has 1 aliphatic rings. The van der Waals surface area contributed by atoms with E-state index in [0.29, 0.717) is 5.56 Å². The highest BCUT2D eigenvalue weighted by Crippen LogP contribution is 2.34. The normalized spacial score (nSPS) is 18.6. The zero-order chi connectivity index (χ0) is 10.1. The summed E-state index contributed by atoms with van der Waals surface area (Å²) in [5, 5.41) is 8.89. The van der Waals surface area contributed by atoms with Gasteiger partial charge in [0.2, 0.25) is 0 Å². The van der Waals surface area contributed by atoms with Crippen LogP contribution in [0.3, 0.4) is 0 Å². The molecule has 0 aromatic heterocycles. The molecule has 0 fully saturated rings. The van der Waals surface area contributed by atoms with Crippen molar-refractivity contribution >= 4 is 17.8 Å². The van der Waals surface area contributed by atoms with E-state index in [0.717, 1.165) is 11.8 Å². The van der Waals surface area contributed by atoms with Crippen molar-refractivity contribution in [1.82, 2.24) is 0 Å². The second kappa shape index (κ2) is 3.10. The summed E-state index contributed by atoms with van der Waals surface area (Å²) in [6, 6.07) is 7.07. The van der Waals surface area contributed by atoms with Gasteiger partial charge in [0, 0.05) is 0 Å². The fourth-order valence-corrected chi connectivity index (χ4v) is 1.69. The SMILES string of the molecule is O=CC1C=C(C(=O)O)c2ccccc21. The minimum atomic E-state index is -0.984. The summed E-state index contributed by atoms with van der Waals surface area (Å²) in [5.41, 5.74) is 1.65. The van der Waals surface area contributed by atoms with Crippen molar-refractivity contribution in [3.8, 4) is 0 Å². The minimum Gasteiger partial charge on any atom is -0.478 e. The molecule has 0 saturated carbocycles. The van der Waals surface area contributed by atoms with Crippen LogP contribution in [0.5, 0.6) is 0 Å². The van der Waals surface area contributed by atoms with E-state index in [2.05, 4.69) is 0 Å². The van der Waals surface area contributed by atoms with Crippen LogP contribution in [-0.4, -0.2) is 17.4 Å². The number of hydrogen-bond donors (Lipinski definition) is 1. The van der Waals surface area contributed by atoms with Gasteiger partial charge in [-0.2, -0.15) is 0 Å². The molecular weight excluding hydrogens is 180 g/mol. The van der Waals surface area contributed by atoms with Crippen LogP contribution < -0.4 is 0 Å². The zero-order valence-corrected chi connectivity index (χ0v) is 7.31. The second-order valence-corrected chi connectivity index (χ2v) is 3.13. The smallest absolute Gasteiger partial charge is 0.336 e. The van der Waals surface area contributed by atoms with Crippen LogP contribution in [0.1, 0.15) is 17.0 Å². The molecule has 3 nitrogen and oxygen atoms in total. The molecule has 0 radical (unpaired) electrons. The Labute approximate surface area is 80.7 Å². The lowest BCUT2D eigenvalue weighted by Gasteiger charge is -2.02. The molecule has 0 aliphatic heterocycles. The van der Waals surface area contributed by atoms with Gasteiger partial charge in [-0.3, -0.25) is 0 Å². The van der Waals surface area contributed by atoms with Crippen LogP contribution in [0.2, 0.25) is 0 Å². The van der Waals surface area contributed by atoms with Crippen molar-refractivity contribution in [2.45, 2.75) is 5.92 Å². The van der Waals surface area contributed by atoms with E-state index in [4.69, 9.17) is 5.11 Å². The number of benzene rings is 1. The van der Waals surface area contributed by atoms with E-state index in [1.54, 1.807) is 24.3 Å². The molecule has 1 aromatic rings. The molecule has 0 heterocycles. The van der Waals surface area contributed by atoms with Gasteiger partial charge in [-0.1, -0.05) is 30.3 Å². The first-order chi connectivity index (χ1) is 6.74. The van der Waals surface area contributed by atoms with Gasteiger partial charge in [-0.25, -0.2) is 4.79 Å². The van der Waals surface area contributed by atoms with E-state index < -0.39 is 11.9 Å². The number of carboxylic acid groups (broad SMARTS) is 1. The highest BCUT2D eigenvalue weighted by Gasteiger charge is 2.25. The maximum absolute atomic E-state index is 10.8. The first-order valence-electron chi connectivity index (χ1n) is 4.23. The number of hydrogen-bond acceptors (Lipinski definition) is 2. The molecular formula is C11H8O3. The summed E-state index contributed by atoms with van der Waals surface area (Å²) in [4.78, 5) is 21.5. The number of rotatable bonds is 2. The highest BCUT2D eigenvalue weighted by molar-refractivity contribution is 6.18. The first kappa shape index (κ1) is 8.69. The zero-order valence-electron chi connectivity index (χ0n) is 7.31. The first-order valence-corrected chi connectivity index (χ1v) is 4.23. The molecule has 2 rings (SSSR count). The number of allylic oxidation sites excluding steroid dienone is 1. The highest BCUT2D eigenvalue weighted by atomic mass is 16.4. The summed E-state index contributed by atoms with van der Waals surface area (Å²) in [6.45, 7) is 0. The molecule has 1 aliphatic carbocycles. The van der Waals surface area contributed by atoms with Gasteiger partial charge >= 0.3 is 5.97 Å². The minimum absolute atomic E-state index is 0.220. The van der Waals surface area contributed by atoms with E-state index in [1.165, 1.54) is 6.08 Å². The average Bonchev–Trinajstić information content (AvgIpc) is 2.56. The number of carboxylic acids is 1. The topological polar surface area (TPSA) is 54.4 Å². The van der Waals surface area contributed by atoms with Crippen LogP contribution >= 0.6 is 0 Å². The third-order valence-electron chi connectivity index (χ3n) is 2.33. The summed E-state index contributed by atoms with van der Waals surface area (Å²) in [5.74, 6) is -1.39. The van der Waals surface area contributed by atoms with Crippen LogP contribution in [-0.2, 0) is 9.59 Å². The maximum Gasteiger partial charge on any atom is 0.336 e. The molecule has 0 bridgehead atoms. The molecule has 1 N–H and O–H groups in total. The lowest BCUT2D eigenvalue weighted by atomic mass is 10.0. The molecule has 0 amide bonds. The van der Waals surface area contributed by atoms with Crippen LogP contribution in [0.4, 0.5) is 0 Å². The van der Waals surface area contributed by atoms with Crippen LogP contribution in [0, 0.1) is 0 Å². The van der Waals surface area contributed by atoms with Crippen molar-refractivity contribution in [1.29, 1.82) is 0 Å². The average molecular weight is 188 g/mol. The number of aliphatic carboxylic acids is 1. The lowest BCUT2D eigenvalue weighted by Crippen LogP contribution is -1.97. The number of carbonyl (C=O) groups is 2. The van der Waals surface area contributed by atoms with E-state index in [1.807, 2.05) is 0 Å². The van der Waals surface area contributed by atoms with Gasteiger partial charge in [0.25, 0.3) is 0 Å². The Bertz CT molecular complexity index is 432. The third kappa shape index (κ3) is 1.14. The van der Waals surface area contributed by atoms with Crippen molar-refractivity contribution in [3.63, 3.8) is 0 Å². The third-order valence-corrected chi connectivity index (χ3v) is 2.33. The van der Waals surface area contributed by atoms with Crippen LogP contribution in [0.25, 0.3) is 5.57 Å². The van der Waals surface area contributed by atoms with Gasteiger partial charge in [0.05, 0.1) is 11.5 Å². The Hall–Kier alpha value is -1.90. The van der Waals surface area contributed by atoms with Crippen molar-refractivity contribution in [2.75, 3.05) is 0 Å².